The summed E-state index contributed by atoms with van der Waals surface area (Å²) in [6, 6.07) is 5.53. The van der Waals surface area contributed by atoms with Crippen molar-refractivity contribution < 1.29 is 9.59 Å². The zero-order chi connectivity index (χ0) is 14.6. The summed E-state index contributed by atoms with van der Waals surface area (Å²) in [6.45, 7) is 2.48. The van der Waals surface area contributed by atoms with E-state index in [0.29, 0.717) is 5.69 Å². The van der Waals surface area contributed by atoms with Crippen molar-refractivity contribution in [2.75, 3.05) is 0 Å². The maximum absolute atomic E-state index is 10.3. The lowest BCUT2D eigenvalue weighted by atomic mass is 10.00. The van der Waals surface area contributed by atoms with Crippen LogP contribution in [-0.4, -0.2) is 12.2 Å². The lowest BCUT2D eigenvalue weighted by Crippen LogP contribution is -1.94. The predicted molar refractivity (Wildman–Crippen MR) is 78.5 cm³/mol. The van der Waals surface area contributed by atoms with Gasteiger partial charge in [0.2, 0.25) is 12.2 Å². The fraction of sp³-hybridized carbons (Fsp3) is 0.500. The Labute approximate surface area is 119 Å². The fourth-order valence-corrected chi connectivity index (χ4v) is 2.16. The van der Waals surface area contributed by atoms with Crippen molar-refractivity contribution in [1.29, 1.82) is 0 Å². The number of carbonyl (C=O) groups excluding carboxylic acids is 2. The van der Waals surface area contributed by atoms with Gasteiger partial charge in [0.25, 0.3) is 0 Å². The van der Waals surface area contributed by atoms with Crippen molar-refractivity contribution in [1.82, 2.24) is 0 Å². The van der Waals surface area contributed by atoms with Gasteiger partial charge in [-0.3, -0.25) is 0 Å². The minimum atomic E-state index is 0.288. The molecule has 1 aromatic rings. The molecule has 0 fully saturated rings. The molecule has 0 saturated heterocycles. The number of unbranched alkanes of at least 4 members (excludes halogenated alkanes) is 4. The average Bonchev–Trinajstić information content (AvgIpc) is 2.46. The Balaban J connectivity index is 2.71. The Hall–Kier alpha value is -2.02. The van der Waals surface area contributed by atoms with Gasteiger partial charge in [-0.05, 0) is 36.1 Å². The van der Waals surface area contributed by atoms with E-state index in [4.69, 9.17) is 0 Å². The topological polar surface area (TPSA) is 58.9 Å². The van der Waals surface area contributed by atoms with E-state index >= 15 is 0 Å². The molecule has 4 nitrogen and oxygen atoms in total. The first-order valence-electron chi connectivity index (χ1n) is 7.05. The summed E-state index contributed by atoms with van der Waals surface area (Å²) in [4.78, 5) is 27.7. The first-order chi connectivity index (χ1) is 9.81. The van der Waals surface area contributed by atoms with E-state index in [2.05, 4.69) is 16.9 Å². The first kappa shape index (κ1) is 16.0. The molecule has 0 unspecified atom stereocenters. The second kappa shape index (κ2) is 9.85. The first-order valence-corrected chi connectivity index (χ1v) is 7.05. The summed E-state index contributed by atoms with van der Waals surface area (Å²) in [6.07, 6.45) is 10.1. The van der Waals surface area contributed by atoms with Crippen LogP contribution in [0.4, 0.5) is 5.69 Å². The Morgan fingerprint density at radius 2 is 1.80 bits per heavy atom. The molecule has 0 aliphatic carbocycles. The second-order valence-electron chi connectivity index (χ2n) is 4.73. The SMILES string of the molecule is CCCCCCCc1ccc(N=C=O)cc1CN=C=O. The van der Waals surface area contributed by atoms with Crippen molar-refractivity contribution in [3.63, 3.8) is 0 Å². The van der Waals surface area contributed by atoms with Crippen LogP contribution in [0.15, 0.2) is 28.2 Å². The summed E-state index contributed by atoms with van der Waals surface area (Å²) in [5.41, 5.74) is 2.64. The monoisotopic (exact) mass is 272 g/mol. The van der Waals surface area contributed by atoms with Gasteiger partial charge in [-0.25, -0.2) is 14.6 Å². The minimum Gasteiger partial charge on any atom is -0.211 e. The number of isocyanates is 2. The van der Waals surface area contributed by atoms with Crippen LogP contribution < -0.4 is 0 Å². The van der Waals surface area contributed by atoms with Gasteiger partial charge in [0.05, 0.1) is 12.2 Å². The number of aliphatic imine (C=N–C) groups is 2. The molecule has 0 saturated carbocycles. The van der Waals surface area contributed by atoms with Crippen molar-refractivity contribution in [2.45, 2.75) is 52.0 Å². The number of aryl methyl sites for hydroxylation is 1. The molecule has 20 heavy (non-hydrogen) atoms. The highest BCUT2D eigenvalue weighted by Gasteiger charge is 2.04. The third kappa shape index (κ3) is 5.75. The van der Waals surface area contributed by atoms with E-state index in [-0.39, 0.29) is 6.54 Å². The van der Waals surface area contributed by atoms with Crippen molar-refractivity contribution in [2.24, 2.45) is 9.98 Å². The maximum Gasteiger partial charge on any atom is 0.240 e. The lowest BCUT2D eigenvalue weighted by molar-refractivity contribution is 0.562. The molecule has 0 heterocycles. The van der Waals surface area contributed by atoms with Gasteiger partial charge in [-0.2, -0.15) is 4.99 Å². The summed E-state index contributed by atoms with van der Waals surface area (Å²) in [5.74, 6) is 0. The largest absolute Gasteiger partial charge is 0.240 e. The molecule has 1 rings (SSSR count). The van der Waals surface area contributed by atoms with Crippen LogP contribution in [0.5, 0.6) is 0 Å². The number of benzene rings is 1. The molecule has 1 aromatic carbocycles. The van der Waals surface area contributed by atoms with Gasteiger partial charge >= 0.3 is 0 Å². The molecule has 4 heteroatoms. The van der Waals surface area contributed by atoms with E-state index in [0.717, 1.165) is 24.0 Å². The van der Waals surface area contributed by atoms with Crippen molar-refractivity contribution in [3.8, 4) is 0 Å². The molecule has 0 amide bonds. The van der Waals surface area contributed by atoms with Crippen LogP contribution in [0, 0.1) is 0 Å². The van der Waals surface area contributed by atoms with Crippen LogP contribution >= 0.6 is 0 Å². The molecule has 0 aliphatic rings. The van der Waals surface area contributed by atoms with Crippen molar-refractivity contribution in [3.05, 3.63) is 29.3 Å². The summed E-state index contributed by atoms with van der Waals surface area (Å²) >= 11 is 0. The fourth-order valence-electron chi connectivity index (χ4n) is 2.16. The Kier molecular flexibility index (Phi) is 7.90. The smallest absolute Gasteiger partial charge is 0.211 e. The minimum absolute atomic E-state index is 0.288. The third-order valence-corrected chi connectivity index (χ3v) is 3.23. The van der Waals surface area contributed by atoms with Crippen LogP contribution in [0.3, 0.4) is 0 Å². The number of hydrogen-bond acceptors (Lipinski definition) is 4. The summed E-state index contributed by atoms with van der Waals surface area (Å²) in [5, 5.41) is 0. The average molecular weight is 272 g/mol. The zero-order valence-corrected chi connectivity index (χ0v) is 11.9. The van der Waals surface area contributed by atoms with Crippen molar-refractivity contribution >= 4 is 17.8 Å². The van der Waals surface area contributed by atoms with E-state index in [1.165, 1.54) is 31.8 Å². The molecular weight excluding hydrogens is 252 g/mol. The predicted octanol–water partition coefficient (Wildman–Crippen LogP) is 4.00. The quantitative estimate of drug-likeness (QED) is 0.387. The lowest BCUT2D eigenvalue weighted by Gasteiger charge is -2.08. The van der Waals surface area contributed by atoms with E-state index in [1.54, 1.807) is 18.2 Å². The number of hydrogen-bond donors (Lipinski definition) is 0. The molecule has 0 radical (unpaired) electrons. The van der Waals surface area contributed by atoms with Gasteiger partial charge < -0.3 is 0 Å². The molecule has 0 spiro atoms. The van der Waals surface area contributed by atoms with Crippen LogP contribution in [0.25, 0.3) is 0 Å². The van der Waals surface area contributed by atoms with Crippen LogP contribution in [-0.2, 0) is 22.6 Å². The molecular formula is C16H20N2O2. The molecule has 0 N–H and O–H groups in total. The standard InChI is InChI=1S/C16H20N2O2/c1-2-3-4-5-6-7-14-8-9-16(18-13-20)10-15(14)11-17-12-19/h8-10H,2-7,11H2,1H3. The van der Waals surface area contributed by atoms with Gasteiger partial charge in [0.1, 0.15) is 0 Å². The van der Waals surface area contributed by atoms with E-state index in [1.807, 2.05) is 6.07 Å². The Morgan fingerprint density at radius 3 is 2.50 bits per heavy atom. The van der Waals surface area contributed by atoms with Crippen LogP contribution in [0.1, 0.15) is 50.2 Å². The summed E-state index contributed by atoms with van der Waals surface area (Å²) in [7, 11) is 0. The number of nitrogens with zero attached hydrogens (tertiary/aromatic N) is 2. The van der Waals surface area contributed by atoms with Gasteiger partial charge in [0, 0.05) is 0 Å². The molecule has 0 bridgehead atoms. The zero-order valence-electron chi connectivity index (χ0n) is 11.9. The summed E-state index contributed by atoms with van der Waals surface area (Å²) < 4.78 is 0. The highest BCUT2D eigenvalue weighted by molar-refractivity contribution is 5.52. The molecule has 0 aromatic heterocycles. The molecule has 0 aliphatic heterocycles. The second-order valence-corrected chi connectivity index (χ2v) is 4.73. The van der Waals surface area contributed by atoms with E-state index in [9.17, 15) is 9.59 Å². The normalized spacial score (nSPS) is 9.65. The van der Waals surface area contributed by atoms with E-state index < -0.39 is 0 Å². The van der Waals surface area contributed by atoms with Gasteiger partial charge in [-0.15, -0.1) is 0 Å². The van der Waals surface area contributed by atoms with Crippen LogP contribution in [0.2, 0.25) is 0 Å². The Morgan fingerprint density at radius 1 is 1.00 bits per heavy atom. The highest BCUT2D eigenvalue weighted by atomic mass is 16.1. The van der Waals surface area contributed by atoms with Gasteiger partial charge in [0.15, 0.2) is 0 Å². The van der Waals surface area contributed by atoms with Gasteiger partial charge in [-0.1, -0.05) is 38.7 Å². The highest BCUT2D eigenvalue weighted by Crippen LogP contribution is 2.21. The third-order valence-electron chi connectivity index (χ3n) is 3.23. The maximum atomic E-state index is 10.3. The molecule has 106 valence electrons. The number of rotatable bonds is 9. The Bertz CT molecular complexity index is 513. The molecule has 0 atom stereocenters.